The van der Waals surface area contributed by atoms with E-state index < -0.39 is 11.5 Å². The van der Waals surface area contributed by atoms with E-state index in [4.69, 9.17) is 0 Å². The first-order chi connectivity index (χ1) is 12.0. The fourth-order valence-corrected chi connectivity index (χ4v) is 2.60. The summed E-state index contributed by atoms with van der Waals surface area (Å²) in [5.41, 5.74) is 1.75. The molecule has 0 saturated carbocycles. The van der Waals surface area contributed by atoms with Crippen LogP contribution in [0, 0.1) is 13.8 Å². The lowest BCUT2D eigenvalue weighted by Gasteiger charge is -2.15. The molecular formula is C19H18N4O2. The average molecular weight is 334 g/mol. The normalized spacial score (nSPS) is 11.6. The third kappa shape index (κ3) is 3.33. The molecule has 0 aliphatic heterocycles. The lowest BCUT2D eigenvalue weighted by molar-refractivity contribution is 0.0996. The topological polar surface area (TPSA) is 69.2 Å². The van der Waals surface area contributed by atoms with E-state index in [1.165, 1.54) is 0 Å². The zero-order chi connectivity index (χ0) is 18.0. The van der Waals surface area contributed by atoms with Crippen LogP contribution in [0.1, 0.15) is 21.7 Å². The van der Waals surface area contributed by atoms with Crippen molar-refractivity contribution in [1.82, 2.24) is 14.3 Å². The van der Waals surface area contributed by atoms with Crippen molar-refractivity contribution in [2.45, 2.75) is 13.8 Å². The molecule has 2 aromatic carbocycles. The van der Waals surface area contributed by atoms with Crippen LogP contribution < -0.4 is 11.0 Å². The van der Waals surface area contributed by atoms with Crippen molar-refractivity contribution in [3.05, 3.63) is 87.4 Å². The Labute approximate surface area is 144 Å². The molecule has 6 heteroatoms. The molecule has 6 nitrogen and oxygen atoms in total. The Bertz CT molecular complexity index is 1050. The first-order valence-corrected chi connectivity index (χ1v) is 7.85. The second-order valence-corrected chi connectivity index (χ2v) is 5.74. The predicted octanol–water partition coefficient (Wildman–Crippen LogP) is 1.93. The summed E-state index contributed by atoms with van der Waals surface area (Å²) in [6.45, 7) is 3.67. The Morgan fingerprint density at radius 3 is 2.28 bits per heavy atom. The number of para-hydroxylation sites is 1. The molecule has 0 radical (unpaired) electrons. The molecule has 0 aliphatic carbocycles. The molecule has 126 valence electrons. The van der Waals surface area contributed by atoms with E-state index in [2.05, 4.69) is 9.98 Å². The number of benzene rings is 2. The highest BCUT2D eigenvalue weighted by Crippen LogP contribution is 2.07. The zero-order valence-electron chi connectivity index (χ0n) is 14.3. The number of hydrogen-bond acceptors (Lipinski definition) is 3. The van der Waals surface area contributed by atoms with Gasteiger partial charge in [0, 0.05) is 12.6 Å². The van der Waals surface area contributed by atoms with Gasteiger partial charge in [0.1, 0.15) is 5.82 Å². The first kappa shape index (κ1) is 16.6. The average Bonchev–Trinajstić information content (AvgIpc) is 2.60. The summed E-state index contributed by atoms with van der Waals surface area (Å²) in [5.74, 6) is 0.0402. The van der Waals surface area contributed by atoms with Crippen molar-refractivity contribution in [2.24, 2.45) is 12.0 Å². The Balaban J connectivity index is 2.18. The smallest absolute Gasteiger partial charge is 0.267 e. The number of hydrogen-bond donors (Lipinski definition) is 0. The van der Waals surface area contributed by atoms with Gasteiger partial charge in [-0.2, -0.15) is 9.98 Å². The highest BCUT2D eigenvalue weighted by molar-refractivity contribution is 5.94. The van der Waals surface area contributed by atoms with Gasteiger partial charge in [-0.3, -0.25) is 14.3 Å². The minimum absolute atomic E-state index is 0.0139. The molecule has 0 atom stereocenters. The van der Waals surface area contributed by atoms with Crippen LogP contribution in [0.3, 0.4) is 0 Å². The Hall–Kier alpha value is -3.28. The molecule has 1 amide bonds. The van der Waals surface area contributed by atoms with Crippen LogP contribution in [0.15, 0.2) is 64.4 Å². The number of nitrogens with zero attached hydrogens (tertiary/aromatic N) is 4. The van der Waals surface area contributed by atoms with Gasteiger partial charge >= 0.3 is 5.56 Å². The SMILES string of the molecule is Cc1ccc(C(=O)N=c2c(=O)nc(C)n(-c3ccccc3)n2C)cc1. The van der Waals surface area contributed by atoms with E-state index in [-0.39, 0.29) is 5.49 Å². The van der Waals surface area contributed by atoms with Crippen LogP contribution in [0.5, 0.6) is 0 Å². The van der Waals surface area contributed by atoms with E-state index in [9.17, 15) is 9.59 Å². The van der Waals surface area contributed by atoms with Crippen molar-refractivity contribution in [3.8, 4) is 5.69 Å². The van der Waals surface area contributed by atoms with Crippen LogP contribution in [0.25, 0.3) is 5.69 Å². The highest BCUT2D eigenvalue weighted by atomic mass is 16.2. The van der Waals surface area contributed by atoms with E-state index in [0.29, 0.717) is 11.4 Å². The quantitative estimate of drug-likeness (QED) is 0.719. The Morgan fingerprint density at radius 1 is 1.00 bits per heavy atom. The van der Waals surface area contributed by atoms with E-state index in [1.807, 2.05) is 49.4 Å². The summed E-state index contributed by atoms with van der Waals surface area (Å²) < 4.78 is 3.29. The molecule has 3 rings (SSSR count). The van der Waals surface area contributed by atoms with Crippen LogP contribution in [-0.4, -0.2) is 20.3 Å². The maximum Gasteiger partial charge on any atom is 0.316 e. The summed E-state index contributed by atoms with van der Waals surface area (Å²) in [4.78, 5) is 32.7. The summed E-state index contributed by atoms with van der Waals surface area (Å²) in [7, 11) is 1.68. The molecular weight excluding hydrogens is 316 g/mol. The maximum absolute atomic E-state index is 12.4. The van der Waals surface area contributed by atoms with Crippen LogP contribution in [-0.2, 0) is 7.05 Å². The number of aryl methyl sites for hydroxylation is 2. The van der Waals surface area contributed by atoms with Gasteiger partial charge in [0.15, 0.2) is 0 Å². The van der Waals surface area contributed by atoms with Crippen molar-refractivity contribution in [1.29, 1.82) is 0 Å². The van der Waals surface area contributed by atoms with Gasteiger partial charge in [0.2, 0.25) is 5.49 Å². The van der Waals surface area contributed by atoms with Gasteiger partial charge in [0.05, 0.1) is 5.69 Å². The van der Waals surface area contributed by atoms with Gasteiger partial charge in [-0.15, -0.1) is 0 Å². The molecule has 1 aromatic heterocycles. The predicted molar refractivity (Wildman–Crippen MR) is 94.6 cm³/mol. The number of amides is 1. The molecule has 25 heavy (non-hydrogen) atoms. The van der Waals surface area contributed by atoms with Crippen LogP contribution in [0.2, 0.25) is 0 Å². The van der Waals surface area contributed by atoms with Gasteiger partial charge in [0.25, 0.3) is 5.91 Å². The van der Waals surface area contributed by atoms with Gasteiger partial charge in [-0.05, 0) is 38.1 Å². The van der Waals surface area contributed by atoms with E-state index in [0.717, 1.165) is 11.3 Å². The summed E-state index contributed by atoms with van der Waals surface area (Å²) in [6, 6.07) is 16.5. The number of rotatable bonds is 2. The van der Waals surface area contributed by atoms with Crippen molar-refractivity contribution in [2.75, 3.05) is 0 Å². The summed E-state index contributed by atoms with van der Waals surface area (Å²) >= 11 is 0. The van der Waals surface area contributed by atoms with Crippen LogP contribution in [0.4, 0.5) is 0 Å². The maximum atomic E-state index is 12.4. The molecule has 0 N–H and O–H groups in total. The van der Waals surface area contributed by atoms with Crippen LogP contribution >= 0.6 is 0 Å². The largest absolute Gasteiger partial charge is 0.316 e. The van der Waals surface area contributed by atoms with Gasteiger partial charge in [-0.1, -0.05) is 35.9 Å². The zero-order valence-corrected chi connectivity index (χ0v) is 14.3. The molecule has 0 saturated heterocycles. The summed E-state index contributed by atoms with van der Waals surface area (Å²) in [5, 5.41) is 0. The van der Waals surface area contributed by atoms with Gasteiger partial charge in [-0.25, -0.2) is 4.68 Å². The Kier molecular flexibility index (Phi) is 4.43. The minimum atomic E-state index is -0.535. The third-order valence-corrected chi connectivity index (χ3v) is 3.87. The molecule has 1 heterocycles. The molecule has 3 aromatic rings. The fraction of sp³-hybridized carbons (Fsp3) is 0.158. The lowest BCUT2D eigenvalue weighted by Crippen LogP contribution is -2.42. The molecule has 0 bridgehead atoms. The summed E-state index contributed by atoms with van der Waals surface area (Å²) in [6.07, 6.45) is 0. The van der Waals surface area contributed by atoms with E-state index >= 15 is 0 Å². The van der Waals surface area contributed by atoms with Crippen molar-refractivity contribution in [3.63, 3.8) is 0 Å². The molecule has 0 fully saturated rings. The van der Waals surface area contributed by atoms with Crippen molar-refractivity contribution >= 4 is 5.91 Å². The third-order valence-electron chi connectivity index (χ3n) is 3.87. The Morgan fingerprint density at radius 2 is 1.64 bits per heavy atom. The lowest BCUT2D eigenvalue weighted by atomic mass is 10.1. The second-order valence-electron chi connectivity index (χ2n) is 5.74. The number of aromatic nitrogens is 3. The second kappa shape index (κ2) is 6.68. The van der Waals surface area contributed by atoms with E-state index in [1.54, 1.807) is 35.5 Å². The van der Waals surface area contributed by atoms with Crippen molar-refractivity contribution < 1.29 is 4.79 Å². The number of carbonyl (C=O) groups excluding carboxylic acids is 1. The standard InChI is InChI=1S/C19H18N4O2/c1-13-9-11-15(12-10-13)18(24)21-17-19(25)20-14(2)23(22(17)3)16-7-5-4-6-8-16/h4-12H,1-3H3. The molecule has 0 unspecified atom stereocenters. The minimum Gasteiger partial charge on any atom is -0.267 e. The monoisotopic (exact) mass is 334 g/mol. The molecule has 0 aliphatic rings. The fourth-order valence-electron chi connectivity index (χ4n) is 2.60. The molecule has 0 spiro atoms. The van der Waals surface area contributed by atoms with Gasteiger partial charge < -0.3 is 0 Å². The number of carbonyl (C=O) groups is 1. The highest BCUT2D eigenvalue weighted by Gasteiger charge is 2.10. The first-order valence-electron chi connectivity index (χ1n) is 7.85.